The van der Waals surface area contributed by atoms with Gasteiger partial charge in [-0.05, 0) is 0 Å². The maximum atomic E-state index is 12.5. The highest BCUT2D eigenvalue weighted by Crippen LogP contribution is 2.09. The fraction of sp³-hybridized carbons (Fsp3) is 0.125. The highest BCUT2D eigenvalue weighted by Gasteiger charge is 1.99. The highest BCUT2D eigenvalue weighted by atomic mass is 19.1. The summed E-state index contributed by atoms with van der Waals surface area (Å²) in [6, 6.07) is 0. The molecular formula is C8H8FN5. The van der Waals surface area contributed by atoms with Crippen LogP contribution in [0.5, 0.6) is 0 Å². The fourth-order valence-corrected chi connectivity index (χ4v) is 0.992. The van der Waals surface area contributed by atoms with E-state index in [-0.39, 0.29) is 0 Å². The summed E-state index contributed by atoms with van der Waals surface area (Å²) >= 11 is 0. The van der Waals surface area contributed by atoms with Gasteiger partial charge in [0.15, 0.2) is 5.82 Å². The maximum absolute atomic E-state index is 12.5. The van der Waals surface area contributed by atoms with Crippen LogP contribution in [0.15, 0.2) is 24.8 Å². The summed E-state index contributed by atoms with van der Waals surface area (Å²) < 4.78 is 14.1. The van der Waals surface area contributed by atoms with Gasteiger partial charge >= 0.3 is 0 Å². The van der Waals surface area contributed by atoms with Crippen molar-refractivity contribution in [2.45, 2.75) is 0 Å². The average Bonchev–Trinajstić information content (AvgIpc) is 2.56. The standard InChI is InChI=1S/C8H8FN5/c1-14-5-7(4-12-14)13-8-10-2-6(9)3-11-8/h2-5H,1H3,(H,10,11,13). The first-order valence-electron chi connectivity index (χ1n) is 3.97. The van der Waals surface area contributed by atoms with E-state index in [1.165, 1.54) is 0 Å². The molecule has 2 aromatic rings. The smallest absolute Gasteiger partial charge is 0.227 e. The number of hydrogen-bond acceptors (Lipinski definition) is 4. The minimum atomic E-state index is -0.457. The molecule has 14 heavy (non-hydrogen) atoms. The minimum Gasteiger partial charge on any atom is -0.321 e. The lowest BCUT2D eigenvalue weighted by atomic mass is 10.5. The lowest BCUT2D eigenvalue weighted by Crippen LogP contribution is -1.95. The number of aromatic nitrogens is 4. The van der Waals surface area contributed by atoms with E-state index in [0.29, 0.717) is 5.95 Å². The molecule has 0 bridgehead atoms. The summed E-state index contributed by atoms with van der Waals surface area (Å²) in [5.41, 5.74) is 0.763. The van der Waals surface area contributed by atoms with Crippen LogP contribution in [0, 0.1) is 5.82 Å². The second-order valence-corrected chi connectivity index (χ2v) is 2.75. The first kappa shape index (κ1) is 8.61. The van der Waals surface area contributed by atoms with Crippen molar-refractivity contribution in [2.24, 2.45) is 7.05 Å². The second kappa shape index (κ2) is 3.41. The monoisotopic (exact) mass is 193 g/mol. The molecule has 0 atom stereocenters. The lowest BCUT2D eigenvalue weighted by Gasteiger charge is -1.99. The van der Waals surface area contributed by atoms with Gasteiger partial charge in [-0.15, -0.1) is 0 Å². The van der Waals surface area contributed by atoms with Crippen LogP contribution in [0.1, 0.15) is 0 Å². The first-order chi connectivity index (χ1) is 6.74. The summed E-state index contributed by atoms with van der Waals surface area (Å²) in [5.74, 6) is -0.110. The van der Waals surface area contributed by atoms with Gasteiger partial charge in [-0.1, -0.05) is 0 Å². The summed E-state index contributed by atoms with van der Waals surface area (Å²) in [6.45, 7) is 0. The van der Waals surface area contributed by atoms with Crippen LogP contribution in [0.4, 0.5) is 16.0 Å². The number of aryl methyl sites for hydroxylation is 1. The molecule has 2 heterocycles. The average molecular weight is 193 g/mol. The first-order valence-corrected chi connectivity index (χ1v) is 3.97. The molecule has 1 N–H and O–H groups in total. The molecule has 0 aliphatic heterocycles. The van der Waals surface area contributed by atoms with Crippen molar-refractivity contribution in [3.63, 3.8) is 0 Å². The van der Waals surface area contributed by atoms with Crippen molar-refractivity contribution in [3.8, 4) is 0 Å². The molecule has 0 spiro atoms. The van der Waals surface area contributed by atoms with Crippen molar-refractivity contribution < 1.29 is 4.39 Å². The Kier molecular flexibility index (Phi) is 2.10. The molecule has 72 valence electrons. The van der Waals surface area contributed by atoms with E-state index in [1.807, 2.05) is 0 Å². The van der Waals surface area contributed by atoms with Gasteiger partial charge in [0.1, 0.15) is 0 Å². The predicted molar refractivity (Wildman–Crippen MR) is 48.5 cm³/mol. The second-order valence-electron chi connectivity index (χ2n) is 2.75. The number of rotatable bonds is 2. The van der Waals surface area contributed by atoms with Gasteiger partial charge < -0.3 is 5.32 Å². The van der Waals surface area contributed by atoms with Gasteiger partial charge in [0.2, 0.25) is 5.95 Å². The molecule has 0 aliphatic carbocycles. The van der Waals surface area contributed by atoms with Crippen LogP contribution in [-0.2, 0) is 7.05 Å². The zero-order chi connectivity index (χ0) is 9.97. The van der Waals surface area contributed by atoms with Gasteiger partial charge in [-0.25, -0.2) is 14.4 Å². The number of nitrogens with zero attached hydrogens (tertiary/aromatic N) is 4. The van der Waals surface area contributed by atoms with E-state index >= 15 is 0 Å². The summed E-state index contributed by atoms with van der Waals surface area (Å²) in [4.78, 5) is 7.50. The van der Waals surface area contributed by atoms with E-state index in [4.69, 9.17) is 0 Å². The third-order valence-corrected chi connectivity index (χ3v) is 1.58. The van der Waals surface area contributed by atoms with Crippen molar-refractivity contribution in [1.82, 2.24) is 19.7 Å². The van der Waals surface area contributed by atoms with Gasteiger partial charge in [0.25, 0.3) is 0 Å². The third kappa shape index (κ3) is 1.85. The van der Waals surface area contributed by atoms with Gasteiger partial charge in [-0.3, -0.25) is 4.68 Å². The molecular weight excluding hydrogens is 185 g/mol. The van der Waals surface area contributed by atoms with Gasteiger partial charge in [0.05, 0.1) is 24.3 Å². The maximum Gasteiger partial charge on any atom is 0.227 e. The van der Waals surface area contributed by atoms with Crippen molar-refractivity contribution in [2.75, 3.05) is 5.32 Å². The van der Waals surface area contributed by atoms with Crippen LogP contribution in [0.3, 0.4) is 0 Å². The van der Waals surface area contributed by atoms with Crippen LogP contribution in [0.2, 0.25) is 0 Å². The molecule has 6 heteroatoms. The molecule has 0 saturated heterocycles. The molecule has 0 radical (unpaired) electrons. The number of hydrogen-bond donors (Lipinski definition) is 1. The Balaban J connectivity index is 2.15. The molecule has 5 nitrogen and oxygen atoms in total. The molecule has 0 aromatic carbocycles. The lowest BCUT2D eigenvalue weighted by molar-refractivity contribution is 0.614. The SMILES string of the molecule is Cn1cc(Nc2ncc(F)cn2)cn1. The summed E-state index contributed by atoms with van der Waals surface area (Å²) in [5, 5.41) is 6.83. The summed E-state index contributed by atoms with van der Waals surface area (Å²) in [7, 11) is 1.80. The van der Waals surface area contributed by atoms with E-state index < -0.39 is 5.82 Å². The third-order valence-electron chi connectivity index (χ3n) is 1.58. The van der Waals surface area contributed by atoms with Crippen LogP contribution in [0.25, 0.3) is 0 Å². The Morgan fingerprint density at radius 2 is 2.00 bits per heavy atom. The zero-order valence-electron chi connectivity index (χ0n) is 7.48. The normalized spacial score (nSPS) is 10.1. The van der Waals surface area contributed by atoms with E-state index in [9.17, 15) is 4.39 Å². The van der Waals surface area contributed by atoms with Crippen molar-refractivity contribution >= 4 is 11.6 Å². The Hall–Kier alpha value is -1.98. The predicted octanol–water partition coefficient (Wildman–Crippen LogP) is 1.09. The molecule has 0 amide bonds. The minimum absolute atomic E-state index is 0.347. The van der Waals surface area contributed by atoms with E-state index in [2.05, 4.69) is 20.4 Å². The Morgan fingerprint density at radius 3 is 2.57 bits per heavy atom. The van der Waals surface area contributed by atoms with Crippen LogP contribution < -0.4 is 5.32 Å². The number of halogens is 1. The Labute approximate surface area is 79.6 Å². The largest absolute Gasteiger partial charge is 0.321 e. The molecule has 0 fully saturated rings. The van der Waals surface area contributed by atoms with Gasteiger partial charge in [-0.2, -0.15) is 5.10 Å². The molecule has 2 aromatic heterocycles. The van der Waals surface area contributed by atoms with Gasteiger partial charge in [0, 0.05) is 13.2 Å². The number of anilines is 2. The Morgan fingerprint density at radius 1 is 1.29 bits per heavy atom. The quantitative estimate of drug-likeness (QED) is 0.775. The summed E-state index contributed by atoms with van der Waals surface area (Å²) in [6.07, 6.45) is 5.61. The zero-order valence-corrected chi connectivity index (χ0v) is 7.48. The molecule has 0 aliphatic rings. The molecule has 2 rings (SSSR count). The van der Waals surface area contributed by atoms with Crippen LogP contribution >= 0.6 is 0 Å². The van der Waals surface area contributed by atoms with Crippen molar-refractivity contribution in [1.29, 1.82) is 0 Å². The molecule has 0 saturated carbocycles. The van der Waals surface area contributed by atoms with Crippen molar-refractivity contribution in [3.05, 3.63) is 30.6 Å². The topological polar surface area (TPSA) is 55.6 Å². The highest BCUT2D eigenvalue weighted by molar-refractivity contribution is 5.49. The Bertz CT molecular complexity index is 422. The molecule has 0 unspecified atom stereocenters. The number of nitrogens with one attached hydrogen (secondary N) is 1. The fourth-order valence-electron chi connectivity index (χ4n) is 0.992. The van der Waals surface area contributed by atoms with Crippen LogP contribution in [-0.4, -0.2) is 19.7 Å². The van der Waals surface area contributed by atoms with E-state index in [1.54, 1.807) is 24.1 Å². The van der Waals surface area contributed by atoms with E-state index in [0.717, 1.165) is 18.1 Å².